The summed E-state index contributed by atoms with van der Waals surface area (Å²) in [5.41, 5.74) is 2.82. The number of halogens is 1. The molecule has 1 heterocycles. The van der Waals surface area contributed by atoms with Crippen LogP contribution in [-0.2, 0) is 11.1 Å². The minimum absolute atomic E-state index is 0. The average molecular weight is 311 g/mol. The zero-order valence-electron chi connectivity index (χ0n) is 12.2. The number of hydrogen-bond donors (Lipinski definition) is 0. The Labute approximate surface area is 120 Å². The number of hydrogen-bond acceptors (Lipinski definition) is 0. The summed E-state index contributed by atoms with van der Waals surface area (Å²) >= 11 is 0. The van der Waals surface area contributed by atoms with Gasteiger partial charge in [0.05, 0.1) is 0 Å². The maximum atomic E-state index is 2.35. The fourth-order valence-electron chi connectivity index (χ4n) is 2.18. The smallest absolute Gasteiger partial charge is 0.245 e. The molecule has 0 amide bonds. The van der Waals surface area contributed by atoms with Crippen molar-refractivity contribution in [1.29, 1.82) is 0 Å². The van der Waals surface area contributed by atoms with Gasteiger partial charge in [-0.3, -0.25) is 0 Å². The molecule has 18 heavy (non-hydrogen) atoms. The number of aromatic nitrogens is 2. The highest BCUT2D eigenvalue weighted by Crippen LogP contribution is 2.22. The number of imidazole rings is 1. The van der Waals surface area contributed by atoms with Crippen molar-refractivity contribution in [3.8, 4) is 0 Å². The van der Waals surface area contributed by atoms with E-state index in [0.29, 0.717) is 0 Å². The minimum atomic E-state index is 0. The van der Waals surface area contributed by atoms with E-state index in [2.05, 4.69) is 81.3 Å². The number of nitrogens with zero attached hydrogens (tertiary/aromatic N) is 2. The standard InChI is InChI=1S/C15H23N2.BrH/c1-14(2,3)16-11-17(15(4,5)6)13-10-8-7-9-12(13)16;/h7-11H,1-6H3;1H/q+1;/p-1. The average Bonchev–Trinajstić information content (AvgIpc) is 2.55. The normalized spacial score (nSPS) is 12.6. The summed E-state index contributed by atoms with van der Waals surface area (Å²) in [5.74, 6) is 0. The van der Waals surface area contributed by atoms with Gasteiger partial charge in [-0.15, -0.1) is 0 Å². The van der Waals surface area contributed by atoms with Crippen molar-refractivity contribution in [3.63, 3.8) is 0 Å². The van der Waals surface area contributed by atoms with Gasteiger partial charge in [-0.1, -0.05) is 12.1 Å². The predicted octanol–water partition coefficient (Wildman–Crippen LogP) is 0.443. The quantitative estimate of drug-likeness (QED) is 0.625. The van der Waals surface area contributed by atoms with Gasteiger partial charge in [-0.05, 0) is 53.7 Å². The van der Waals surface area contributed by atoms with E-state index in [-0.39, 0.29) is 28.1 Å². The largest absolute Gasteiger partial charge is 1.00 e. The van der Waals surface area contributed by atoms with Crippen LogP contribution in [0.4, 0.5) is 0 Å². The number of benzene rings is 1. The van der Waals surface area contributed by atoms with Gasteiger partial charge in [-0.25, -0.2) is 9.13 Å². The van der Waals surface area contributed by atoms with Crippen molar-refractivity contribution in [3.05, 3.63) is 30.6 Å². The van der Waals surface area contributed by atoms with Crippen LogP contribution in [0.3, 0.4) is 0 Å². The minimum Gasteiger partial charge on any atom is -1.00 e. The molecule has 1 aromatic carbocycles. The van der Waals surface area contributed by atoms with Crippen molar-refractivity contribution in [2.75, 3.05) is 0 Å². The predicted molar refractivity (Wildman–Crippen MR) is 72.1 cm³/mol. The van der Waals surface area contributed by atoms with Gasteiger partial charge >= 0.3 is 0 Å². The van der Waals surface area contributed by atoms with Crippen LogP contribution in [0, 0.1) is 0 Å². The number of para-hydroxylation sites is 2. The van der Waals surface area contributed by atoms with Crippen LogP contribution in [0.1, 0.15) is 41.5 Å². The molecular weight excluding hydrogens is 288 g/mol. The summed E-state index contributed by atoms with van der Waals surface area (Å²) in [7, 11) is 0. The Morgan fingerprint density at radius 3 is 2.00 bits per heavy atom. The zero-order chi connectivity index (χ0) is 12.8. The first kappa shape index (κ1) is 15.2. The Kier molecular flexibility index (Phi) is 3.97. The van der Waals surface area contributed by atoms with Crippen molar-refractivity contribution in [1.82, 2.24) is 4.57 Å². The van der Waals surface area contributed by atoms with Crippen molar-refractivity contribution >= 4 is 11.0 Å². The monoisotopic (exact) mass is 310 g/mol. The maximum Gasteiger partial charge on any atom is 0.245 e. The molecule has 100 valence electrons. The van der Waals surface area contributed by atoms with Gasteiger partial charge in [0.15, 0.2) is 11.0 Å². The molecular formula is C15H23BrN2. The van der Waals surface area contributed by atoms with Crippen LogP contribution in [0.5, 0.6) is 0 Å². The molecule has 0 saturated carbocycles. The molecule has 0 atom stereocenters. The summed E-state index contributed by atoms with van der Waals surface area (Å²) in [6.45, 7) is 13.5. The third-order valence-electron chi connectivity index (χ3n) is 3.08. The SMILES string of the molecule is CC(C)(C)n1c[n+](C(C)(C)C)c2ccccc21.[Br-]. The lowest BCUT2D eigenvalue weighted by Gasteiger charge is -2.16. The Morgan fingerprint density at radius 2 is 1.50 bits per heavy atom. The van der Waals surface area contributed by atoms with E-state index in [1.165, 1.54) is 11.0 Å². The summed E-state index contributed by atoms with van der Waals surface area (Å²) in [6, 6.07) is 8.61. The van der Waals surface area contributed by atoms with Gasteiger partial charge < -0.3 is 17.0 Å². The molecule has 0 aliphatic carbocycles. The highest BCUT2D eigenvalue weighted by Gasteiger charge is 2.29. The number of rotatable bonds is 0. The molecule has 2 nitrogen and oxygen atoms in total. The first-order chi connectivity index (χ1) is 7.71. The molecule has 0 fully saturated rings. The lowest BCUT2D eigenvalue weighted by Crippen LogP contribution is -3.00. The van der Waals surface area contributed by atoms with Crippen molar-refractivity contribution < 1.29 is 21.5 Å². The molecule has 0 radical (unpaired) electrons. The fourth-order valence-corrected chi connectivity index (χ4v) is 2.18. The third kappa shape index (κ3) is 2.61. The molecule has 2 rings (SSSR count). The molecule has 0 aliphatic rings. The van der Waals surface area contributed by atoms with Crippen LogP contribution in [0.25, 0.3) is 11.0 Å². The van der Waals surface area contributed by atoms with E-state index in [9.17, 15) is 0 Å². The van der Waals surface area contributed by atoms with Gasteiger partial charge in [0.2, 0.25) is 6.33 Å². The lowest BCUT2D eigenvalue weighted by molar-refractivity contribution is -0.731. The second kappa shape index (κ2) is 4.69. The second-order valence-corrected chi connectivity index (χ2v) is 6.69. The number of fused-ring (bicyclic) bond motifs is 1. The summed E-state index contributed by atoms with van der Waals surface area (Å²) < 4.78 is 4.71. The molecule has 0 N–H and O–H groups in total. The molecule has 0 spiro atoms. The highest BCUT2D eigenvalue weighted by atomic mass is 79.9. The highest BCUT2D eigenvalue weighted by molar-refractivity contribution is 5.72. The first-order valence-corrected chi connectivity index (χ1v) is 6.24. The fraction of sp³-hybridized carbons (Fsp3) is 0.533. The van der Waals surface area contributed by atoms with Crippen LogP contribution in [0.2, 0.25) is 0 Å². The van der Waals surface area contributed by atoms with Crippen molar-refractivity contribution in [2.45, 2.75) is 52.6 Å². The molecule has 0 aliphatic heterocycles. The van der Waals surface area contributed by atoms with Crippen LogP contribution >= 0.6 is 0 Å². The summed E-state index contributed by atoms with van der Waals surface area (Å²) in [4.78, 5) is 0. The van der Waals surface area contributed by atoms with E-state index in [0.717, 1.165) is 0 Å². The van der Waals surface area contributed by atoms with Crippen LogP contribution < -0.4 is 21.5 Å². The molecule has 1 aromatic heterocycles. The van der Waals surface area contributed by atoms with Crippen molar-refractivity contribution in [2.24, 2.45) is 0 Å². The Bertz CT molecular complexity index is 494. The van der Waals surface area contributed by atoms with E-state index in [1.54, 1.807) is 0 Å². The topological polar surface area (TPSA) is 8.81 Å². The third-order valence-corrected chi connectivity index (χ3v) is 3.08. The lowest BCUT2D eigenvalue weighted by atomic mass is 10.1. The van der Waals surface area contributed by atoms with Gasteiger partial charge in [0.1, 0.15) is 11.1 Å². The van der Waals surface area contributed by atoms with Crippen LogP contribution in [0.15, 0.2) is 30.6 Å². The molecule has 0 unspecified atom stereocenters. The Morgan fingerprint density at radius 1 is 0.944 bits per heavy atom. The van der Waals surface area contributed by atoms with E-state index in [4.69, 9.17) is 0 Å². The van der Waals surface area contributed by atoms with Gasteiger partial charge in [0.25, 0.3) is 0 Å². The second-order valence-electron chi connectivity index (χ2n) is 6.69. The molecule has 2 aromatic rings. The van der Waals surface area contributed by atoms with Gasteiger partial charge in [0, 0.05) is 0 Å². The molecule has 0 saturated heterocycles. The first-order valence-electron chi connectivity index (χ1n) is 6.24. The molecule has 3 heteroatoms. The summed E-state index contributed by atoms with van der Waals surface area (Å²) in [6.07, 6.45) is 2.24. The maximum absolute atomic E-state index is 2.35. The Hall–Kier alpha value is -0.830. The van der Waals surface area contributed by atoms with E-state index >= 15 is 0 Å². The van der Waals surface area contributed by atoms with E-state index < -0.39 is 0 Å². The van der Waals surface area contributed by atoms with E-state index in [1.807, 2.05) is 0 Å². The zero-order valence-corrected chi connectivity index (χ0v) is 13.7. The molecule has 0 bridgehead atoms. The van der Waals surface area contributed by atoms with Gasteiger partial charge in [-0.2, -0.15) is 0 Å². The van der Waals surface area contributed by atoms with Crippen LogP contribution in [-0.4, -0.2) is 4.57 Å². The summed E-state index contributed by atoms with van der Waals surface area (Å²) in [5, 5.41) is 0. The Balaban J connectivity index is 0.00000162.